The van der Waals surface area contributed by atoms with Gasteiger partial charge in [0.1, 0.15) is 0 Å². The molecule has 0 bridgehead atoms. The van der Waals surface area contributed by atoms with Crippen LogP contribution in [0.2, 0.25) is 0 Å². The number of carbonyl (C=O) groups is 1. The summed E-state index contributed by atoms with van der Waals surface area (Å²) in [6.07, 6.45) is 3.52. The van der Waals surface area contributed by atoms with Gasteiger partial charge in [0.2, 0.25) is 5.91 Å². The van der Waals surface area contributed by atoms with Crippen molar-refractivity contribution in [1.82, 2.24) is 5.32 Å². The SMILES string of the molecule is NCCC1CN(CC(=O)NCC2CC2)c2ccccc21. The third-order valence-electron chi connectivity index (χ3n) is 4.29. The highest BCUT2D eigenvalue weighted by Gasteiger charge is 2.29. The quantitative estimate of drug-likeness (QED) is 0.825. The summed E-state index contributed by atoms with van der Waals surface area (Å²) in [5, 5.41) is 3.04. The molecule has 0 spiro atoms. The normalized spacial score (nSPS) is 20.9. The van der Waals surface area contributed by atoms with Gasteiger partial charge in [0, 0.05) is 24.7 Å². The molecule has 1 heterocycles. The lowest BCUT2D eigenvalue weighted by Crippen LogP contribution is -2.37. The summed E-state index contributed by atoms with van der Waals surface area (Å²) in [4.78, 5) is 14.2. The zero-order valence-electron chi connectivity index (χ0n) is 11.8. The van der Waals surface area contributed by atoms with Crippen LogP contribution in [0.3, 0.4) is 0 Å². The molecule has 3 rings (SSSR count). The van der Waals surface area contributed by atoms with Crippen molar-refractivity contribution in [2.45, 2.75) is 25.2 Å². The maximum absolute atomic E-state index is 12.0. The Morgan fingerprint density at radius 3 is 2.90 bits per heavy atom. The third kappa shape index (κ3) is 2.96. The van der Waals surface area contributed by atoms with Crippen LogP contribution in [0.25, 0.3) is 0 Å². The number of nitrogens with two attached hydrogens (primary N) is 1. The monoisotopic (exact) mass is 273 g/mol. The lowest BCUT2D eigenvalue weighted by molar-refractivity contribution is -0.119. The van der Waals surface area contributed by atoms with Crippen molar-refractivity contribution in [1.29, 1.82) is 0 Å². The first-order valence-electron chi connectivity index (χ1n) is 7.58. The van der Waals surface area contributed by atoms with E-state index in [2.05, 4.69) is 28.4 Å². The molecule has 4 nitrogen and oxygen atoms in total. The molecule has 1 aromatic carbocycles. The minimum atomic E-state index is 0.139. The van der Waals surface area contributed by atoms with Gasteiger partial charge in [-0.1, -0.05) is 18.2 Å². The fourth-order valence-corrected chi connectivity index (χ4v) is 2.99. The van der Waals surface area contributed by atoms with Crippen molar-refractivity contribution in [3.8, 4) is 0 Å². The van der Waals surface area contributed by atoms with E-state index in [4.69, 9.17) is 5.73 Å². The summed E-state index contributed by atoms with van der Waals surface area (Å²) in [5.74, 6) is 1.34. The number of rotatable bonds is 6. The number of benzene rings is 1. The van der Waals surface area contributed by atoms with Crippen molar-refractivity contribution in [3.05, 3.63) is 29.8 Å². The molecule has 1 aliphatic heterocycles. The van der Waals surface area contributed by atoms with E-state index >= 15 is 0 Å². The van der Waals surface area contributed by atoms with Crippen molar-refractivity contribution in [2.75, 3.05) is 31.1 Å². The molecule has 1 unspecified atom stereocenters. The van der Waals surface area contributed by atoms with Crippen LogP contribution < -0.4 is 16.0 Å². The molecule has 1 saturated carbocycles. The summed E-state index contributed by atoms with van der Waals surface area (Å²) in [6, 6.07) is 8.38. The summed E-state index contributed by atoms with van der Waals surface area (Å²) < 4.78 is 0. The van der Waals surface area contributed by atoms with Gasteiger partial charge in [-0.05, 0) is 43.4 Å². The Labute approximate surface area is 120 Å². The zero-order chi connectivity index (χ0) is 13.9. The lowest BCUT2D eigenvalue weighted by Gasteiger charge is -2.19. The number of nitrogens with zero attached hydrogens (tertiary/aromatic N) is 1. The standard InChI is InChI=1S/C16H23N3O/c17-8-7-13-10-19(15-4-2-1-3-14(13)15)11-16(20)18-9-12-5-6-12/h1-4,12-13H,5-11,17H2,(H,18,20). The molecule has 20 heavy (non-hydrogen) atoms. The Morgan fingerprint density at radius 1 is 1.35 bits per heavy atom. The van der Waals surface area contributed by atoms with Crippen LogP contribution in [0.15, 0.2) is 24.3 Å². The molecule has 1 amide bonds. The van der Waals surface area contributed by atoms with Crippen LogP contribution in [0, 0.1) is 5.92 Å². The van der Waals surface area contributed by atoms with E-state index in [0.29, 0.717) is 19.0 Å². The van der Waals surface area contributed by atoms with Gasteiger partial charge in [0.25, 0.3) is 0 Å². The summed E-state index contributed by atoms with van der Waals surface area (Å²) >= 11 is 0. The predicted molar refractivity (Wildman–Crippen MR) is 80.8 cm³/mol. The Morgan fingerprint density at radius 2 is 2.15 bits per heavy atom. The number of amides is 1. The van der Waals surface area contributed by atoms with Crippen LogP contribution in [-0.4, -0.2) is 32.1 Å². The van der Waals surface area contributed by atoms with Gasteiger partial charge < -0.3 is 16.0 Å². The zero-order valence-corrected chi connectivity index (χ0v) is 11.8. The van der Waals surface area contributed by atoms with Gasteiger partial charge in [-0.3, -0.25) is 4.79 Å². The highest BCUT2D eigenvalue weighted by Crippen LogP contribution is 2.37. The number of carbonyl (C=O) groups excluding carboxylic acids is 1. The molecule has 3 N–H and O–H groups in total. The van der Waals surface area contributed by atoms with Gasteiger partial charge in [-0.25, -0.2) is 0 Å². The molecule has 108 valence electrons. The molecule has 1 aromatic rings. The highest BCUT2D eigenvalue weighted by molar-refractivity contribution is 5.82. The molecule has 1 aliphatic carbocycles. The van der Waals surface area contributed by atoms with E-state index < -0.39 is 0 Å². The van der Waals surface area contributed by atoms with Gasteiger partial charge in [0.15, 0.2) is 0 Å². The molecular weight excluding hydrogens is 250 g/mol. The molecule has 0 radical (unpaired) electrons. The Kier molecular flexibility index (Phi) is 3.92. The second-order valence-electron chi connectivity index (χ2n) is 5.96. The smallest absolute Gasteiger partial charge is 0.239 e. The maximum Gasteiger partial charge on any atom is 0.239 e. The summed E-state index contributed by atoms with van der Waals surface area (Å²) in [5.41, 5.74) is 8.24. The minimum Gasteiger partial charge on any atom is -0.361 e. The number of hydrogen-bond acceptors (Lipinski definition) is 3. The number of fused-ring (bicyclic) bond motifs is 1. The topological polar surface area (TPSA) is 58.4 Å². The lowest BCUT2D eigenvalue weighted by atomic mass is 9.98. The van der Waals surface area contributed by atoms with E-state index in [1.807, 2.05) is 6.07 Å². The predicted octanol–water partition coefficient (Wildman–Crippen LogP) is 1.47. The number of anilines is 1. The maximum atomic E-state index is 12.0. The van der Waals surface area contributed by atoms with E-state index in [9.17, 15) is 4.79 Å². The largest absolute Gasteiger partial charge is 0.361 e. The van der Waals surface area contributed by atoms with Crippen molar-refractivity contribution >= 4 is 11.6 Å². The van der Waals surface area contributed by atoms with Gasteiger partial charge >= 0.3 is 0 Å². The van der Waals surface area contributed by atoms with E-state index in [-0.39, 0.29) is 5.91 Å². The average Bonchev–Trinajstić information content (AvgIpc) is 3.23. The highest BCUT2D eigenvalue weighted by atomic mass is 16.2. The average molecular weight is 273 g/mol. The Bertz CT molecular complexity index is 484. The Hall–Kier alpha value is -1.55. The first kappa shape index (κ1) is 13.4. The molecule has 1 fully saturated rings. The fourth-order valence-electron chi connectivity index (χ4n) is 2.99. The second kappa shape index (κ2) is 5.83. The van der Waals surface area contributed by atoms with Crippen LogP contribution in [-0.2, 0) is 4.79 Å². The summed E-state index contributed by atoms with van der Waals surface area (Å²) in [6.45, 7) is 2.92. The number of para-hydroxylation sites is 1. The fraction of sp³-hybridized carbons (Fsp3) is 0.562. The van der Waals surface area contributed by atoms with Crippen LogP contribution in [0.5, 0.6) is 0 Å². The van der Waals surface area contributed by atoms with Gasteiger partial charge in [-0.15, -0.1) is 0 Å². The van der Waals surface area contributed by atoms with Gasteiger partial charge in [0.05, 0.1) is 6.54 Å². The molecule has 2 aliphatic rings. The number of hydrogen-bond donors (Lipinski definition) is 2. The number of nitrogens with one attached hydrogen (secondary N) is 1. The minimum absolute atomic E-state index is 0.139. The van der Waals surface area contributed by atoms with Crippen molar-refractivity contribution in [3.63, 3.8) is 0 Å². The van der Waals surface area contributed by atoms with Crippen LogP contribution in [0.4, 0.5) is 5.69 Å². The molecular formula is C16H23N3O. The molecule has 4 heteroatoms. The van der Waals surface area contributed by atoms with E-state index in [1.165, 1.54) is 24.1 Å². The molecule has 0 aromatic heterocycles. The van der Waals surface area contributed by atoms with Crippen LogP contribution in [0.1, 0.15) is 30.7 Å². The Balaban J connectivity index is 1.63. The first-order valence-corrected chi connectivity index (χ1v) is 7.58. The van der Waals surface area contributed by atoms with E-state index in [1.54, 1.807) is 0 Å². The molecule has 1 atom stereocenters. The van der Waals surface area contributed by atoms with Crippen molar-refractivity contribution < 1.29 is 4.79 Å². The second-order valence-corrected chi connectivity index (χ2v) is 5.96. The third-order valence-corrected chi connectivity index (χ3v) is 4.29. The van der Waals surface area contributed by atoms with Gasteiger partial charge in [-0.2, -0.15) is 0 Å². The van der Waals surface area contributed by atoms with Crippen molar-refractivity contribution in [2.24, 2.45) is 11.7 Å². The van der Waals surface area contributed by atoms with E-state index in [0.717, 1.165) is 25.4 Å². The van der Waals surface area contributed by atoms with Crippen LogP contribution >= 0.6 is 0 Å². The first-order chi connectivity index (χ1) is 9.78. The molecule has 0 saturated heterocycles. The summed E-state index contributed by atoms with van der Waals surface area (Å²) in [7, 11) is 0.